The standard InChI is InChI=1S/C15H21ClO3/c1-11-6-7-12(16)13(10-11)19-9-5-4-8-15(2,3)14(17)18/h6-7,10H,4-5,8-9H2,1-3H3,(H,17,18). The van der Waals surface area contributed by atoms with Crippen LogP contribution in [0.5, 0.6) is 5.75 Å². The molecular formula is C15H21ClO3. The van der Waals surface area contributed by atoms with Crippen molar-refractivity contribution in [2.75, 3.05) is 6.61 Å². The molecule has 106 valence electrons. The van der Waals surface area contributed by atoms with Crippen LogP contribution in [0.15, 0.2) is 18.2 Å². The average molecular weight is 285 g/mol. The van der Waals surface area contributed by atoms with Crippen LogP contribution in [0.3, 0.4) is 0 Å². The number of hydrogen-bond acceptors (Lipinski definition) is 2. The molecule has 1 rings (SSSR count). The van der Waals surface area contributed by atoms with Crippen molar-refractivity contribution in [3.8, 4) is 5.75 Å². The maximum Gasteiger partial charge on any atom is 0.309 e. The zero-order chi connectivity index (χ0) is 14.5. The number of rotatable bonds is 7. The molecule has 0 aliphatic carbocycles. The Labute approximate surface area is 119 Å². The van der Waals surface area contributed by atoms with Gasteiger partial charge in [-0.2, -0.15) is 0 Å². The molecule has 0 aliphatic heterocycles. The van der Waals surface area contributed by atoms with Gasteiger partial charge < -0.3 is 9.84 Å². The molecule has 0 heterocycles. The van der Waals surface area contributed by atoms with E-state index in [1.807, 2.05) is 25.1 Å². The van der Waals surface area contributed by atoms with Crippen molar-refractivity contribution >= 4 is 17.6 Å². The Morgan fingerprint density at radius 2 is 2.05 bits per heavy atom. The van der Waals surface area contributed by atoms with Crippen molar-refractivity contribution in [2.45, 2.75) is 40.0 Å². The SMILES string of the molecule is Cc1ccc(Cl)c(OCCCCC(C)(C)C(=O)O)c1. The molecule has 1 aromatic carbocycles. The van der Waals surface area contributed by atoms with Gasteiger partial charge in [0.25, 0.3) is 0 Å². The highest BCUT2D eigenvalue weighted by Gasteiger charge is 2.25. The number of unbranched alkanes of at least 4 members (excludes halogenated alkanes) is 1. The highest BCUT2D eigenvalue weighted by atomic mass is 35.5. The lowest BCUT2D eigenvalue weighted by molar-refractivity contribution is -0.147. The Morgan fingerprint density at radius 1 is 1.37 bits per heavy atom. The minimum atomic E-state index is -0.754. The van der Waals surface area contributed by atoms with E-state index in [1.165, 1.54) is 0 Å². The second kappa shape index (κ2) is 6.80. The van der Waals surface area contributed by atoms with Crippen LogP contribution >= 0.6 is 11.6 Å². The van der Waals surface area contributed by atoms with Gasteiger partial charge in [-0.25, -0.2) is 0 Å². The van der Waals surface area contributed by atoms with Crippen LogP contribution in [0.1, 0.15) is 38.7 Å². The predicted molar refractivity (Wildman–Crippen MR) is 77.0 cm³/mol. The fourth-order valence-electron chi connectivity index (χ4n) is 1.68. The largest absolute Gasteiger partial charge is 0.492 e. The molecule has 0 atom stereocenters. The van der Waals surface area contributed by atoms with Crippen molar-refractivity contribution in [1.82, 2.24) is 0 Å². The fourth-order valence-corrected chi connectivity index (χ4v) is 1.85. The van der Waals surface area contributed by atoms with Crippen LogP contribution in [-0.2, 0) is 4.79 Å². The fraction of sp³-hybridized carbons (Fsp3) is 0.533. The van der Waals surface area contributed by atoms with Crippen molar-refractivity contribution in [2.24, 2.45) is 5.41 Å². The maximum absolute atomic E-state index is 10.9. The second-order valence-electron chi connectivity index (χ2n) is 5.43. The van der Waals surface area contributed by atoms with Crippen molar-refractivity contribution < 1.29 is 14.6 Å². The van der Waals surface area contributed by atoms with E-state index in [9.17, 15) is 4.79 Å². The van der Waals surface area contributed by atoms with Gasteiger partial charge >= 0.3 is 5.97 Å². The van der Waals surface area contributed by atoms with Gasteiger partial charge in [-0.3, -0.25) is 4.79 Å². The summed E-state index contributed by atoms with van der Waals surface area (Å²) in [6.45, 7) is 6.03. The number of carboxylic acids is 1. The normalized spacial score (nSPS) is 11.4. The first-order valence-corrected chi connectivity index (χ1v) is 6.83. The van der Waals surface area contributed by atoms with E-state index in [-0.39, 0.29) is 0 Å². The van der Waals surface area contributed by atoms with Crippen LogP contribution < -0.4 is 4.74 Å². The molecule has 0 saturated heterocycles. The molecule has 1 aromatic rings. The van der Waals surface area contributed by atoms with Gasteiger partial charge in [-0.05, 0) is 57.7 Å². The van der Waals surface area contributed by atoms with Crippen LogP contribution in [-0.4, -0.2) is 17.7 Å². The summed E-state index contributed by atoms with van der Waals surface area (Å²) in [4.78, 5) is 10.9. The van der Waals surface area contributed by atoms with Gasteiger partial charge in [0.05, 0.1) is 17.0 Å². The number of aliphatic carboxylic acids is 1. The molecule has 0 fully saturated rings. The summed E-state index contributed by atoms with van der Waals surface area (Å²) in [5.74, 6) is -0.0608. The van der Waals surface area contributed by atoms with E-state index in [4.69, 9.17) is 21.4 Å². The third-order valence-corrected chi connectivity index (χ3v) is 3.43. The number of carbonyl (C=O) groups is 1. The molecule has 0 unspecified atom stereocenters. The van der Waals surface area contributed by atoms with Gasteiger partial charge in [0.15, 0.2) is 0 Å². The van der Waals surface area contributed by atoms with E-state index in [0.29, 0.717) is 23.8 Å². The molecule has 0 aliphatic rings. The van der Waals surface area contributed by atoms with E-state index in [0.717, 1.165) is 18.4 Å². The second-order valence-corrected chi connectivity index (χ2v) is 5.84. The van der Waals surface area contributed by atoms with Crippen molar-refractivity contribution in [1.29, 1.82) is 0 Å². The van der Waals surface area contributed by atoms with Crippen LogP contribution in [0, 0.1) is 12.3 Å². The summed E-state index contributed by atoms with van der Waals surface area (Å²) < 4.78 is 5.61. The number of hydrogen-bond donors (Lipinski definition) is 1. The molecule has 0 saturated carbocycles. The molecule has 19 heavy (non-hydrogen) atoms. The summed E-state index contributed by atoms with van der Waals surface area (Å²) in [5, 5.41) is 9.60. The van der Waals surface area contributed by atoms with Crippen molar-refractivity contribution in [3.63, 3.8) is 0 Å². The molecule has 0 spiro atoms. The molecule has 0 radical (unpaired) electrons. The number of halogens is 1. The van der Waals surface area contributed by atoms with E-state index in [1.54, 1.807) is 13.8 Å². The molecule has 0 aromatic heterocycles. The lowest BCUT2D eigenvalue weighted by Crippen LogP contribution is -2.23. The van der Waals surface area contributed by atoms with Gasteiger partial charge in [0.1, 0.15) is 5.75 Å². The predicted octanol–water partition coefficient (Wildman–Crippen LogP) is 4.31. The summed E-state index contributed by atoms with van der Waals surface area (Å²) >= 11 is 6.02. The van der Waals surface area contributed by atoms with Gasteiger partial charge in [-0.1, -0.05) is 17.7 Å². The average Bonchev–Trinajstić information content (AvgIpc) is 2.32. The third-order valence-electron chi connectivity index (χ3n) is 3.12. The Morgan fingerprint density at radius 3 is 2.68 bits per heavy atom. The minimum absolute atomic E-state index is 0.554. The van der Waals surface area contributed by atoms with Crippen LogP contribution in [0.2, 0.25) is 5.02 Å². The highest BCUT2D eigenvalue weighted by molar-refractivity contribution is 6.32. The Balaban J connectivity index is 2.32. The highest BCUT2D eigenvalue weighted by Crippen LogP contribution is 2.26. The van der Waals surface area contributed by atoms with E-state index >= 15 is 0 Å². The Kier molecular flexibility index (Phi) is 5.67. The smallest absolute Gasteiger partial charge is 0.309 e. The Hall–Kier alpha value is -1.22. The topological polar surface area (TPSA) is 46.5 Å². The first-order valence-electron chi connectivity index (χ1n) is 6.45. The lowest BCUT2D eigenvalue weighted by Gasteiger charge is -2.18. The zero-order valence-corrected chi connectivity index (χ0v) is 12.5. The summed E-state index contributed by atoms with van der Waals surface area (Å²) in [6, 6.07) is 5.66. The molecule has 4 heteroatoms. The van der Waals surface area contributed by atoms with E-state index in [2.05, 4.69) is 0 Å². The number of carboxylic acid groups (broad SMARTS) is 1. The molecule has 0 amide bonds. The monoisotopic (exact) mass is 284 g/mol. The van der Waals surface area contributed by atoms with E-state index < -0.39 is 11.4 Å². The quantitative estimate of drug-likeness (QED) is 0.759. The molecule has 1 N–H and O–H groups in total. The van der Waals surface area contributed by atoms with Gasteiger partial charge in [0.2, 0.25) is 0 Å². The van der Waals surface area contributed by atoms with Crippen LogP contribution in [0.25, 0.3) is 0 Å². The first kappa shape index (κ1) is 15.8. The number of aryl methyl sites for hydroxylation is 1. The number of benzene rings is 1. The molecule has 0 bridgehead atoms. The third kappa shape index (κ3) is 5.11. The first-order chi connectivity index (χ1) is 8.83. The number of ether oxygens (including phenoxy) is 1. The lowest BCUT2D eigenvalue weighted by atomic mass is 9.87. The van der Waals surface area contributed by atoms with Crippen molar-refractivity contribution in [3.05, 3.63) is 28.8 Å². The summed E-state index contributed by atoms with van der Waals surface area (Å²) in [6.07, 6.45) is 2.29. The van der Waals surface area contributed by atoms with Gasteiger partial charge in [-0.15, -0.1) is 0 Å². The summed E-state index contributed by atoms with van der Waals surface area (Å²) in [5.41, 5.74) is 0.437. The molecular weight excluding hydrogens is 264 g/mol. The van der Waals surface area contributed by atoms with Gasteiger partial charge in [0, 0.05) is 0 Å². The summed E-state index contributed by atoms with van der Waals surface area (Å²) in [7, 11) is 0. The maximum atomic E-state index is 10.9. The Bertz CT molecular complexity index is 441. The minimum Gasteiger partial charge on any atom is -0.492 e. The zero-order valence-electron chi connectivity index (χ0n) is 11.7. The molecule has 3 nitrogen and oxygen atoms in total. The van der Waals surface area contributed by atoms with Crippen LogP contribution in [0.4, 0.5) is 0 Å².